The van der Waals surface area contributed by atoms with Crippen LogP contribution in [0.4, 0.5) is 0 Å². The van der Waals surface area contributed by atoms with Gasteiger partial charge in [0, 0.05) is 0 Å². The van der Waals surface area contributed by atoms with Gasteiger partial charge in [-0.25, -0.2) is 0 Å². The summed E-state index contributed by atoms with van der Waals surface area (Å²) in [5, 5.41) is 0.281. The molecule has 0 N–H and O–H groups in total. The fourth-order valence-corrected chi connectivity index (χ4v) is 1.54. The monoisotopic (exact) mass is 306 g/mol. The molecule has 0 unspecified atom stereocenters. The van der Waals surface area contributed by atoms with Gasteiger partial charge in [0.05, 0.1) is 7.11 Å². The van der Waals surface area contributed by atoms with E-state index in [0.717, 1.165) is 0 Å². The summed E-state index contributed by atoms with van der Waals surface area (Å²) in [6, 6.07) is 20.8. The Labute approximate surface area is 116 Å². The highest BCUT2D eigenvalue weighted by Gasteiger charge is 1.91. The summed E-state index contributed by atoms with van der Waals surface area (Å²) < 4.78 is 4.21. The molecule has 2 nitrogen and oxygen atoms in total. The Morgan fingerprint density at radius 3 is 1.56 bits per heavy atom. The Morgan fingerprint density at radius 1 is 0.944 bits per heavy atom. The van der Waals surface area contributed by atoms with Crippen LogP contribution in [0.5, 0.6) is 0 Å². The van der Waals surface area contributed by atoms with E-state index in [-0.39, 0.29) is 11.3 Å². The number of esters is 1. The van der Waals surface area contributed by atoms with Crippen LogP contribution in [0.1, 0.15) is 0 Å². The van der Waals surface area contributed by atoms with Crippen LogP contribution in [0.15, 0.2) is 60.7 Å². The summed E-state index contributed by atoms with van der Waals surface area (Å²) in [7, 11) is 1.35. The third-order valence-electron chi connectivity index (χ3n) is 2.22. The van der Waals surface area contributed by atoms with E-state index >= 15 is 0 Å². The molecule has 0 spiro atoms. The number of halogens is 1. The molecule has 0 saturated carbocycles. The Morgan fingerprint density at radius 2 is 1.33 bits per heavy atom. The first-order valence-electron chi connectivity index (χ1n) is 5.51. The van der Waals surface area contributed by atoms with Crippen LogP contribution < -0.4 is 0 Å². The SMILES string of the molecule is COC(=O)CBr.c1ccc(-c2ccccc2)cc1. The molecule has 0 aliphatic rings. The second-order valence-electron chi connectivity index (χ2n) is 3.44. The lowest BCUT2D eigenvalue weighted by Crippen LogP contribution is -1.99. The van der Waals surface area contributed by atoms with Crippen LogP contribution in [-0.4, -0.2) is 18.4 Å². The van der Waals surface area contributed by atoms with E-state index in [9.17, 15) is 4.79 Å². The van der Waals surface area contributed by atoms with Gasteiger partial charge in [0.25, 0.3) is 0 Å². The van der Waals surface area contributed by atoms with Crippen LogP contribution in [0, 0.1) is 0 Å². The molecule has 2 rings (SSSR count). The topological polar surface area (TPSA) is 26.3 Å². The Kier molecular flexibility index (Phi) is 6.81. The highest BCUT2D eigenvalue weighted by atomic mass is 79.9. The normalized spacial score (nSPS) is 9.00. The molecule has 0 amide bonds. The first-order valence-corrected chi connectivity index (χ1v) is 6.63. The molecule has 0 radical (unpaired) electrons. The maximum absolute atomic E-state index is 9.91. The van der Waals surface area contributed by atoms with Crippen molar-refractivity contribution in [1.29, 1.82) is 0 Å². The van der Waals surface area contributed by atoms with Gasteiger partial charge in [-0.05, 0) is 11.1 Å². The molecule has 3 heteroatoms. The van der Waals surface area contributed by atoms with Crippen LogP contribution in [0.25, 0.3) is 11.1 Å². The van der Waals surface area contributed by atoms with Crippen LogP contribution >= 0.6 is 15.9 Å². The zero-order chi connectivity index (χ0) is 13.2. The van der Waals surface area contributed by atoms with E-state index in [1.54, 1.807) is 0 Å². The predicted octanol–water partition coefficient (Wildman–Crippen LogP) is 3.91. The molecule has 2 aromatic rings. The van der Waals surface area contributed by atoms with E-state index in [1.165, 1.54) is 18.2 Å². The third kappa shape index (κ3) is 5.15. The minimum atomic E-state index is -0.241. The number of carbonyl (C=O) groups is 1. The van der Waals surface area contributed by atoms with Crippen molar-refractivity contribution in [2.45, 2.75) is 0 Å². The molecular weight excluding hydrogens is 292 g/mol. The third-order valence-corrected chi connectivity index (χ3v) is 2.68. The average molecular weight is 307 g/mol. The standard InChI is InChI=1S/C12H10.C3H5BrO2/c1-3-7-11(8-4-1)12-9-5-2-6-10-12;1-6-3(5)2-4/h1-10H;2H2,1H3. The van der Waals surface area contributed by atoms with Crippen LogP contribution in [0.2, 0.25) is 0 Å². The Bertz CT molecular complexity index is 411. The van der Waals surface area contributed by atoms with E-state index in [1.807, 2.05) is 12.1 Å². The number of rotatable bonds is 2. The fraction of sp³-hybridized carbons (Fsp3) is 0.133. The molecule has 18 heavy (non-hydrogen) atoms. The zero-order valence-corrected chi connectivity index (χ0v) is 11.8. The van der Waals surface area contributed by atoms with Gasteiger partial charge < -0.3 is 4.74 Å². The second-order valence-corrected chi connectivity index (χ2v) is 4.00. The number of alkyl halides is 1. The van der Waals surface area contributed by atoms with Gasteiger partial charge in [0.2, 0.25) is 0 Å². The van der Waals surface area contributed by atoms with Crippen LogP contribution in [0.3, 0.4) is 0 Å². The first-order chi connectivity index (χ1) is 8.77. The summed E-state index contributed by atoms with van der Waals surface area (Å²) in [6.07, 6.45) is 0. The maximum atomic E-state index is 9.91. The molecule has 2 aromatic carbocycles. The smallest absolute Gasteiger partial charge is 0.316 e. The number of benzene rings is 2. The maximum Gasteiger partial charge on any atom is 0.316 e. The quantitative estimate of drug-likeness (QED) is 0.621. The average Bonchev–Trinajstić information content (AvgIpc) is 2.49. The molecule has 0 heterocycles. The van der Waals surface area contributed by atoms with Gasteiger partial charge >= 0.3 is 5.97 Å². The van der Waals surface area contributed by atoms with Gasteiger partial charge in [0.15, 0.2) is 0 Å². The first kappa shape index (κ1) is 14.5. The summed E-state index contributed by atoms with van der Waals surface area (Å²) in [6.45, 7) is 0. The number of methoxy groups -OCH3 is 1. The van der Waals surface area contributed by atoms with Crippen molar-refractivity contribution in [3.8, 4) is 11.1 Å². The number of ether oxygens (including phenoxy) is 1. The molecule has 94 valence electrons. The molecule has 0 saturated heterocycles. The summed E-state index contributed by atoms with van der Waals surface area (Å²) >= 11 is 2.90. The van der Waals surface area contributed by atoms with Gasteiger partial charge in [-0.2, -0.15) is 0 Å². The summed E-state index contributed by atoms with van der Waals surface area (Å²) in [5.74, 6) is -0.241. The summed E-state index contributed by atoms with van der Waals surface area (Å²) in [4.78, 5) is 9.91. The number of hydrogen-bond donors (Lipinski definition) is 0. The van der Waals surface area contributed by atoms with Gasteiger partial charge in [-0.15, -0.1) is 0 Å². The molecule has 0 aliphatic heterocycles. The van der Waals surface area contributed by atoms with Crippen LogP contribution in [-0.2, 0) is 9.53 Å². The summed E-state index contributed by atoms with van der Waals surface area (Å²) in [5.41, 5.74) is 2.55. The number of carbonyl (C=O) groups excluding carboxylic acids is 1. The predicted molar refractivity (Wildman–Crippen MR) is 77.7 cm³/mol. The van der Waals surface area contributed by atoms with Crippen molar-refractivity contribution >= 4 is 21.9 Å². The number of hydrogen-bond acceptors (Lipinski definition) is 2. The highest BCUT2D eigenvalue weighted by Crippen LogP contribution is 2.17. The van der Waals surface area contributed by atoms with E-state index in [4.69, 9.17) is 0 Å². The molecule has 0 aliphatic carbocycles. The fourth-order valence-electron chi connectivity index (χ4n) is 1.32. The largest absolute Gasteiger partial charge is 0.468 e. The second kappa shape index (κ2) is 8.48. The molecule has 0 fully saturated rings. The van der Waals surface area contributed by atoms with Crippen molar-refractivity contribution in [3.05, 3.63) is 60.7 Å². The lowest BCUT2D eigenvalue weighted by Gasteiger charge is -1.98. The van der Waals surface area contributed by atoms with Crippen molar-refractivity contribution in [2.75, 3.05) is 12.4 Å². The van der Waals surface area contributed by atoms with E-state index in [0.29, 0.717) is 0 Å². The minimum Gasteiger partial charge on any atom is -0.468 e. The lowest BCUT2D eigenvalue weighted by atomic mass is 10.1. The van der Waals surface area contributed by atoms with Crippen molar-refractivity contribution < 1.29 is 9.53 Å². The van der Waals surface area contributed by atoms with Crippen molar-refractivity contribution in [1.82, 2.24) is 0 Å². The Hall–Kier alpha value is -1.61. The lowest BCUT2D eigenvalue weighted by molar-refractivity contribution is -0.137. The van der Waals surface area contributed by atoms with Crippen molar-refractivity contribution in [2.24, 2.45) is 0 Å². The van der Waals surface area contributed by atoms with Gasteiger partial charge in [-0.3, -0.25) is 4.79 Å². The highest BCUT2D eigenvalue weighted by molar-refractivity contribution is 9.09. The molecular formula is C15H15BrO2. The van der Waals surface area contributed by atoms with E-state index in [2.05, 4.69) is 69.2 Å². The van der Waals surface area contributed by atoms with Gasteiger partial charge in [0.1, 0.15) is 5.33 Å². The Balaban J connectivity index is 0.000000232. The van der Waals surface area contributed by atoms with Gasteiger partial charge in [-0.1, -0.05) is 76.6 Å². The molecule has 0 aromatic heterocycles. The minimum absolute atomic E-state index is 0.241. The van der Waals surface area contributed by atoms with Crippen molar-refractivity contribution in [3.63, 3.8) is 0 Å². The zero-order valence-electron chi connectivity index (χ0n) is 10.2. The molecule has 0 bridgehead atoms. The molecule has 0 atom stereocenters. The van der Waals surface area contributed by atoms with E-state index < -0.39 is 0 Å².